The van der Waals surface area contributed by atoms with Crippen LogP contribution in [0.2, 0.25) is 0 Å². The molecule has 0 spiro atoms. The molecular weight excluding hydrogens is 398 g/mol. The summed E-state index contributed by atoms with van der Waals surface area (Å²) in [5, 5.41) is 5.52. The predicted molar refractivity (Wildman–Crippen MR) is 109 cm³/mol. The highest BCUT2D eigenvalue weighted by molar-refractivity contribution is 7.80. The van der Waals surface area contributed by atoms with E-state index in [2.05, 4.69) is 20.6 Å². The summed E-state index contributed by atoms with van der Waals surface area (Å²) >= 11 is 5.13. The lowest BCUT2D eigenvalue weighted by Gasteiger charge is -2.12. The first-order valence-electron chi connectivity index (χ1n) is 8.62. The summed E-state index contributed by atoms with van der Waals surface area (Å²) in [6.07, 6.45) is 0.979. The van der Waals surface area contributed by atoms with Crippen molar-refractivity contribution in [2.24, 2.45) is 0 Å². The third-order valence-electron chi connectivity index (χ3n) is 3.90. The number of nitrogens with zero attached hydrogens (tertiary/aromatic N) is 2. The predicted octanol–water partition coefficient (Wildman–Crippen LogP) is 3.83. The zero-order valence-electron chi connectivity index (χ0n) is 15.5. The number of hydrogen-bond acceptors (Lipinski definition) is 5. The Bertz CT molecular complexity index is 1000. The molecule has 0 saturated heterocycles. The minimum Gasteiger partial charge on any atom is -0.496 e. The molecule has 1 aromatic heterocycles. The number of methoxy groups -OCH3 is 1. The van der Waals surface area contributed by atoms with Gasteiger partial charge in [-0.1, -0.05) is 36.4 Å². The van der Waals surface area contributed by atoms with E-state index in [-0.39, 0.29) is 35.9 Å². The number of anilines is 1. The van der Waals surface area contributed by atoms with Crippen LogP contribution >= 0.6 is 12.2 Å². The second-order valence-corrected chi connectivity index (χ2v) is 6.26. The molecule has 0 aliphatic carbocycles. The van der Waals surface area contributed by atoms with Crippen molar-refractivity contribution < 1.29 is 18.3 Å². The summed E-state index contributed by atoms with van der Waals surface area (Å²) in [5.41, 5.74) is 1.22. The average Bonchev–Trinajstić information content (AvgIpc) is 2.74. The highest BCUT2D eigenvalue weighted by Gasteiger charge is 2.11. The van der Waals surface area contributed by atoms with Gasteiger partial charge >= 0.3 is 6.01 Å². The van der Waals surface area contributed by atoms with E-state index in [1.807, 2.05) is 18.2 Å². The van der Waals surface area contributed by atoms with Crippen molar-refractivity contribution in [1.29, 1.82) is 0 Å². The minimum absolute atomic E-state index is 0.0308. The molecule has 0 aliphatic rings. The van der Waals surface area contributed by atoms with Crippen molar-refractivity contribution >= 4 is 23.1 Å². The summed E-state index contributed by atoms with van der Waals surface area (Å²) in [7, 11) is 1.56. The molecule has 0 aliphatic heterocycles. The van der Waals surface area contributed by atoms with Crippen LogP contribution in [0.3, 0.4) is 0 Å². The first kappa shape index (κ1) is 20.4. The molecular formula is C20H18F2N4O2S. The van der Waals surface area contributed by atoms with E-state index in [1.165, 1.54) is 6.07 Å². The van der Waals surface area contributed by atoms with Gasteiger partial charge < -0.3 is 20.1 Å². The molecule has 2 N–H and O–H groups in total. The van der Waals surface area contributed by atoms with Crippen molar-refractivity contribution in [3.8, 4) is 11.8 Å². The monoisotopic (exact) mass is 416 g/mol. The Morgan fingerprint density at radius 2 is 1.76 bits per heavy atom. The molecule has 3 rings (SSSR count). The van der Waals surface area contributed by atoms with Crippen molar-refractivity contribution in [2.45, 2.75) is 13.2 Å². The minimum atomic E-state index is -0.704. The molecule has 29 heavy (non-hydrogen) atoms. The van der Waals surface area contributed by atoms with Crippen molar-refractivity contribution in [3.63, 3.8) is 0 Å². The topological polar surface area (TPSA) is 68.3 Å². The van der Waals surface area contributed by atoms with Gasteiger partial charge in [-0.3, -0.25) is 0 Å². The van der Waals surface area contributed by atoms with E-state index in [0.29, 0.717) is 11.3 Å². The van der Waals surface area contributed by atoms with Gasteiger partial charge in [0.15, 0.2) is 16.7 Å². The number of rotatable bonds is 7. The highest BCUT2D eigenvalue weighted by Crippen LogP contribution is 2.20. The highest BCUT2D eigenvalue weighted by atomic mass is 32.1. The molecule has 2 aromatic carbocycles. The number of halogens is 2. The summed E-state index contributed by atoms with van der Waals surface area (Å²) in [6.45, 7) is 0.285. The van der Waals surface area contributed by atoms with Gasteiger partial charge in [0.1, 0.15) is 18.2 Å². The molecule has 0 radical (unpaired) electrons. The maximum absolute atomic E-state index is 14.0. The van der Waals surface area contributed by atoms with Gasteiger partial charge in [0.25, 0.3) is 0 Å². The van der Waals surface area contributed by atoms with E-state index in [9.17, 15) is 8.78 Å². The van der Waals surface area contributed by atoms with Crippen LogP contribution in [0.4, 0.5) is 14.6 Å². The zero-order chi connectivity index (χ0) is 20.6. The number of ether oxygens (including phenoxy) is 2. The molecule has 0 atom stereocenters. The van der Waals surface area contributed by atoms with E-state index >= 15 is 0 Å². The molecule has 3 aromatic rings. The number of thiocarbonyl (C=S) groups is 1. The number of para-hydroxylation sites is 1. The van der Waals surface area contributed by atoms with E-state index < -0.39 is 5.82 Å². The Kier molecular flexibility index (Phi) is 6.85. The molecule has 0 unspecified atom stereocenters. The van der Waals surface area contributed by atoms with Crippen molar-refractivity contribution in [3.05, 3.63) is 77.5 Å². The fourth-order valence-electron chi connectivity index (χ4n) is 2.44. The van der Waals surface area contributed by atoms with Gasteiger partial charge in [-0.05, 0) is 24.4 Å². The average molecular weight is 416 g/mol. The van der Waals surface area contributed by atoms with Gasteiger partial charge in [0, 0.05) is 17.7 Å². The smallest absolute Gasteiger partial charge is 0.318 e. The van der Waals surface area contributed by atoms with Crippen LogP contribution in [0.25, 0.3) is 0 Å². The first-order valence-corrected chi connectivity index (χ1v) is 9.03. The summed E-state index contributed by atoms with van der Waals surface area (Å²) < 4.78 is 38.5. The van der Waals surface area contributed by atoms with Crippen LogP contribution < -0.4 is 20.1 Å². The third kappa shape index (κ3) is 5.58. The first-order chi connectivity index (χ1) is 14.1. The third-order valence-corrected chi connectivity index (χ3v) is 4.15. The molecule has 0 amide bonds. The standard InChI is InChI=1S/C20H18F2N4O2S/c1-27-17-9-5-3-7-14(17)12-28-19-23-11-16(22)18(25-19)26-20(29)24-10-13-6-2-4-8-15(13)21/h2-9,11H,10,12H2,1H3,(H2,23,24,25,26,29). The molecule has 0 saturated carbocycles. The molecule has 1 heterocycles. The van der Waals surface area contributed by atoms with Gasteiger partial charge in [0.05, 0.1) is 13.3 Å². The fourth-order valence-corrected chi connectivity index (χ4v) is 2.61. The Balaban J connectivity index is 1.61. The maximum atomic E-state index is 14.0. The molecule has 0 fully saturated rings. The second kappa shape index (κ2) is 9.74. The van der Waals surface area contributed by atoms with Gasteiger partial charge in [0.2, 0.25) is 0 Å². The van der Waals surface area contributed by atoms with Crippen LogP contribution in [-0.4, -0.2) is 22.2 Å². The lowest BCUT2D eigenvalue weighted by atomic mass is 10.2. The lowest BCUT2D eigenvalue weighted by Crippen LogP contribution is -2.29. The lowest BCUT2D eigenvalue weighted by molar-refractivity contribution is 0.273. The van der Waals surface area contributed by atoms with Crippen LogP contribution in [0.15, 0.2) is 54.7 Å². The van der Waals surface area contributed by atoms with E-state index in [0.717, 1.165) is 11.8 Å². The largest absolute Gasteiger partial charge is 0.496 e. The summed E-state index contributed by atoms with van der Waals surface area (Å²) in [4.78, 5) is 7.81. The molecule has 9 heteroatoms. The van der Waals surface area contributed by atoms with Crippen LogP contribution in [0, 0.1) is 11.6 Å². The number of benzene rings is 2. The second-order valence-electron chi connectivity index (χ2n) is 5.85. The Morgan fingerprint density at radius 3 is 2.52 bits per heavy atom. The van der Waals surface area contributed by atoms with Gasteiger partial charge in [-0.25, -0.2) is 13.8 Å². The summed E-state index contributed by atoms with van der Waals surface area (Å²) in [6, 6.07) is 13.6. The van der Waals surface area contributed by atoms with Gasteiger partial charge in [-0.2, -0.15) is 4.98 Å². The Morgan fingerprint density at radius 1 is 1.03 bits per heavy atom. The molecule has 150 valence electrons. The fraction of sp³-hybridized carbons (Fsp3) is 0.150. The normalized spacial score (nSPS) is 10.3. The number of hydrogen-bond donors (Lipinski definition) is 2. The van der Waals surface area contributed by atoms with Crippen LogP contribution in [0.1, 0.15) is 11.1 Å². The number of nitrogens with one attached hydrogen (secondary N) is 2. The SMILES string of the molecule is COc1ccccc1COc1ncc(F)c(NC(=S)NCc2ccccc2F)n1. The Labute approximate surface area is 171 Å². The quantitative estimate of drug-likeness (QED) is 0.568. The number of aromatic nitrogens is 2. The molecule has 0 bridgehead atoms. The van der Waals surface area contributed by atoms with Crippen molar-refractivity contribution in [1.82, 2.24) is 15.3 Å². The van der Waals surface area contributed by atoms with Crippen LogP contribution in [0.5, 0.6) is 11.8 Å². The van der Waals surface area contributed by atoms with E-state index in [4.69, 9.17) is 21.7 Å². The Hall–Kier alpha value is -3.33. The molecule has 6 nitrogen and oxygen atoms in total. The van der Waals surface area contributed by atoms with Crippen LogP contribution in [-0.2, 0) is 13.2 Å². The van der Waals surface area contributed by atoms with Crippen molar-refractivity contribution in [2.75, 3.05) is 12.4 Å². The zero-order valence-corrected chi connectivity index (χ0v) is 16.3. The maximum Gasteiger partial charge on any atom is 0.318 e. The summed E-state index contributed by atoms with van der Waals surface area (Å²) in [5.74, 6) is -0.555. The van der Waals surface area contributed by atoms with Gasteiger partial charge in [-0.15, -0.1) is 0 Å². The van der Waals surface area contributed by atoms with E-state index in [1.54, 1.807) is 31.4 Å².